The molecule has 1 aromatic carbocycles. The Labute approximate surface area is 148 Å². The van der Waals surface area contributed by atoms with Gasteiger partial charge in [-0.25, -0.2) is 4.98 Å². The summed E-state index contributed by atoms with van der Waals surface area (Å²) in [6.07, 6.45) is 4.10. The van der Waals surface area contributed by atoms with Crippen LogP contribution in [-0.2, 0) is 0 Å². The molecule has 3 aliphatic heterocycles. The number of carbonyl (C=O) groups is 1. The summed E-state index contributed by atoms with van der Waals surface area (Å²) >= 11 is 4.93. The van der Waals surface area contributed by atoms with E-state index in [2.05, 4.69) is 31.1 Å². The van der Waals surface area contributed by atoms with Gasteiger partial charge in [-0.05, 0) is 44.0 Å². The van der Waals surface area contributed by atoms with Crippen molar-refractivity contribution in [2.75, 3.05) is 19.6 Å². The van der Waals surface area contributed by atoms with Gasteiger partial charge in [0, 0.05) is 22.6 Å². The van der Waals surface area contributed by atoms with E-state index >= 15 is 0 Å². The molecular formula is C17H18BrN3OS. The molecule has 0 spiro atoms. The smallest absolute Gasteiger partial charge is 0.263 e. The molecule has 2 bridgehead atoms. The zero-order valence-corrected chi connectivity index (χ0v) is 15.1. The Morgan fingerprint density at radius 3 is 2.87 bits per heavy atom. The lowest BCUT2D eigenvalue weighted by Crippen LogP contribution is -2.57. The minimum Gasteiger partial charge on any atom is -0.347 e. The fourth-order valence-corrected chi connectivity index (χ4v) is 4.72. The van der Waals surface area contributed by atoms with E-state index in [1.54, 1.807) is 6.20 Å². The fourth-order valence-electron chi connectivity index (χ4n) is 3.50. The molecule has 5 rings (SSSR count). The number of aromatic nitrogens is 1. The Balaban J connectivity index is 1.47. The number of piperidine rings is 3. The molecule has 0 unspecified atom stereocenters. The summed E-state index contributed by atoms with van der Waals surface area (Å²) in [7, 11) is 0. The van der Waals surface area contributed by atoms with Gasteiger partial charge in [0.1, 0.15) is 9.88 Å². The molecule has 1 N–H and O–H groups in total. The van der Waals surface area contributed by atoms with E-state index in [1.165, 1.54) is 37.3 Å². The summed E-state index contributed by atoms with van der Waals surface area (Å²) in [6.45, 7) is 3.36. The van der Waals surface area contributed by atoms with Gasteiger partial charge in [0.05, 0.1) is 6.20 Å². The summed E-state index contributed by atoms with van der Waals surface area (Å²) in [5, 5.41) is 4.10. The molecule has 0 radical (unpaired) electrons. The van der Waals surface area contributed by atoms with Crippen LogP contribution in [0.4, 0.5) is 0 Å². The molecule has 3 saturated heterocycles. The van der Waals surface area contributed by atoms with Crippen molar-refractivity contribution < 1.29 is 4.79 Å². The van der Waals surface area contributed by atoms with Crippen LogP contribution in [-0.4, -0.2) is 41.5 Å². The van der Waals surface area contributed by atoms with E-state index in [4.69, 9.17) is 0 Å². The third kappa shape index (κ3) is 3.20. The first-order valence-electron chi connectivity index (χ1n) is 7.94. The van der Waals surface area contributed by atoms with Crippen LogP contribution >= 0.6 is 27.3 Å². The molecule has 3 fully saturated rings. The first-order chi connectivity index (χ1) is 11.2. The zero-order valence-electron chi connectivity index (χ0n) is 12.7. The molecule has 4 nitrogen and oxygen atoms in total. The summed E-state index contributed by atoms with van der Waals surface area (Å²) in [4.78, 5) is 20.1. The van der Waals surface area contributed by atoms with Gasteiger partial charge in [0.25, 0.3) is 5.91 Å². The maximum absolute atomic E-state index is 12.5. The van der Waals surface area contributed by atoms with E-state index in [0.29, 0.717) is 16.8 Å². The molecule has 3 aliphatic rings. The minimum absolute atomic E-state index is 0.0162. The number of hydrogen-bond donors (Lipinski definition) is 1. The van der Waals surface area contributed by atoms with Crippen molar-refractivity contribution in [1.29, 1.82) is 0 Å². The van der Waals surface area contributed by atoms with E-state index in [-0.39, 0.29) is 5.91 Å². The average molecular weight is 392 g/mol. The first kappa shape index (κ1) is 15.3. The van der Waals surface area contributed by atoms with Gasteiger partial charge in [0.2, 0.25) is 0 Å². The number of thiazole rings is 1. The standard InChI is InChI=1S/C17H18BrN3OS/c18-13-3-1-2-12(8-13)17-19-9-15(23-17)16(22)20-14-10-21-6-4-11(14)5-7-21/h1-3,8-9,11,14H,4-7,10H2,(H,20,22)/t14-/m0/s1. The summed E-state index contributed by atoms with van der Waals surface area (Å²) < 4.78 is 1.02. The second kappa shape index (κ2) is 6.34. The van der Waals surface area contributed by atoms with Crippen molar-refractivity contribution in [2.45, 2.75) is 18.9 Å². The number of amides is 1. The van der Waals surface area contributed by atoms with Gasteiger partial charge in [0.15, 0.2) is 0 Å². The first-order valence-corrected chi connectivity index (χ1v) is 9.55. The second-order valence-electron chi connectivity index (χ2n) is 6.26. The molecule has 120 valence electrons. The molecule has 4 heterocycles. The molecule has 0 saturated carbocycles. The summed E-state index contributed by atoms with van der Waals surface area (Å²) in [5.41, 5.74) is 1.03. The molecule has 2 aromatic rings. The second-order valence-corrected chi connectivity index (χ2v) is 8.20. The summed E-state index contributed by atoms with van der Waals surface area (Å²) in [6, 6.07) is 8.29. The highest BCUT2D eigenvalue weighted by Crippen LogP contribution is 2.29. The number of fused-ring (bicyclic) bond motifs is 3. The molecular weight excluding hydrogens is 374 g/mol. The Morgan fingerprint density at radius 1 is 1.35 bits per heavy atom. The number of carbonyl (C=O) groups excluding carboxylic acids is 1. The van der Waals surface area contributed by atoms with Crippen LogP contribution in [0.2, 0.25) is 0 Å². The molecule has 0 aliphatic carbocycles. The van der Waals surface area contributed by atoms with Crippen molar-refractivity contribution in [3.8, 4) is 10.6 Å². The number of benzene rings is 1. The van der Waals surface area contributed by atoms with Gasteiger partial charge in [-0.15, -0.1) is 11.3 Å². The monoisotopic (exact) mass is 391 g/mol. The van der Waals surface area contributed by atoms with Crippen molar-refractivity contribution in [1.82, 2.24) is 15.2 Å². The minimum atomic E-state index is 0.0162. The lowest BCUT2D eigenvalue weighted by Gasteiger charge is -2.44. The zero-order chi connectivity index (χ0) is 15.8. The number of nitrogens with zero attached hydrogens (tertiary/aromatic N) is 2. The normalized spacial score (nSPS) is 26.2. The van der Waals surface area contributed by atoms with E-state index < -0.39 is 0 Å². The molecule has 23 heavy (non-hydrogen) atoms. The number of rotatable bonds is 3. The van der Waals surface area contributed by atoms with E-state index in [1.807, 2.05) is 24.3 Å². The molecule has 6 heteroatoms. The van der Waals surface area contributed by atoms with Gasteiger partial charge < -0.3 is 10.2 Å². The predicted molar refractivity (Wildman–Crippen MR) is 95.7 cm³/mol. The molecule has 1 aromatic heterocycles. The third-order valence-corrected chi connectivity index (χ3v) is 6.31. The average Bonchev–Trinajstić information content (AvgIpc) is 3.06. The largest absolute Gasteiger partial charge is 0.347 e. The van der Waals surface area contributed by atoms with Crippen LogP contribution < -0.4 is 5.32 Å². The Kier molecular flexibility index (Phi) is 4.22. The van der Waals surface area contributed by atoms with Gasteiger partial charge >= 0.3 is 0 Å². The van der Waals surface area contributed by atoms with Crippen molar-refractivity contribution in [3.05, 3.63) is 39.8 Å². The lowest BCUT2D eigenvalue weighted by atomic mass is 9.84. The van der Waals surface area contributed by atoms with Crippen LogP contribution in [0, 0.1) is 5.92 Å². The van der Waals surface area contributed by atoms with Crippen LogP contribution in [0.5, 0.6) is 0 Å². The van der Waals surface area contributed by atoms with Crippen molar-refractivity contribution >= 4 is 33.2 Å². The fraction of sp³-hybridized carbons (Fsp3) is 0.412. The van der Waals surface area contributed by atoms with Crippen LogP contribution in [0.15, 0.2) is 34.9 Å². The van der Waals surface area contributed by atoms with Gasteiger partial charge in [-0.2, -0.15) is 0 Å². The van der Waals surface area contributed by atoms with Gasteiger partial charge in [-0.3, -0.25) is 4.79 Å². The Hall–Kier alpha value is -1.24. The number of hydrogen-bond acceptors (Lipinski definition) is 4. The topological polar surface area (TPSA) is 45.2 Å². The van der Waals surface area contributed by atoms with Gasteiger partial charge in [-0.1, -0.05) is 28.1 Å². The molecule has 1 atom stereocenters. The van der Waals surface area contributed by atoms with E-state index in [9.17, 15) is 4.79 Å². The highest BCUT2D eigenvalue weighted by Gasteiger charge is 2.35. The third-order valence-electron chi connectivity index (χ3n) is 4.77. The highest BCUT2D eigenvalue weighted by molar-refractivity contribution is 9.10. The number of halogens is 1. The number of nitrogens with one attached hydrogen (secondary N) is 1. The van der Waals surface area contributed by atoms with E-state index in [0.717, 1.165) is 21.6 Å². The Morgan fingerprint density at radius 2 is 2.17 bits per heavy atom. The lowest BCUT2D eigenvalue weighted by molar-refractivity contribution is 0.0622. The predicted octanol–water partition coefficient (Wildman–Crippen LogP) is 3.40. The SMILES string of the molecule is O=C(N[C@H]1CN2CCC1CC2)c1cnc(-c2cccc(Br)c2)s1. The maximum atomic E-state index is 12.5. The highest BCUT2D eigenvalue weighted by atomic mass is 79.9. The van der Waals surface area contributed by atoms with Crippen molar-refractivity contribution in [2.24, 2.45) is 5.92 Å². The van der Waals surface area contributed by atoms with Crippen molar-refractivity contribution in [3.63, 3.8) is 0 Å². The van der Waals surface area contributed by atoms with Crippen LogP contribution in [0.25, 0.3) is 10.6 Å². The van der Waals surface area contributed by atoms with Crippen LogP contribution in [0.1, 0.15) is 22.5 Å². The Bertz CT molecular complexity index is 724. The summed E-state index contributed by atoms with van der Waals surface area (Å²) in [5.74, 6) is 0.656. The quantitative estimate of drug-likeness (QED) is 0.871. The van der Waals surface area contributed by atoms with Crippen LogP contribution in [0.3, 0.4) is 0 Å². The molecule has 1 amide bonds. The maximum Gasteiger partial charge on any atom is 0.263 e.